The summed E-state index contributed by atoms with van der Waals surface area (Å²) in [6.45, 7) is 0.283. The number of nitrogens with zero attached hydrogens (tertiary/aromatic N) is 1. The monoisotopic (exact) mass is 344 g/mol. The van der Waals surface area contributed by atoms with Crippen LogP contribution >= 0.6 is 23.7 Å². The first kappa shape index (κ1) is 17.2. The van der Waals surface area contributed by atoms with Crippen molar-refractivity contribution in [3.05, 3.63) is 22.4 Å². The van der Waals surface area contributed by atoms with E-state index in [2.05, 4.69) is 11.0 Å². The molecule has 2 fully saturated rings. The number of methoxy groups -OCH3 is 1. The van der Waals surface area contributed by atoms with E-state index in [1.54, 1.807) is 11.3 Å². The predicted octanol–water partition coefficient (Wildman–Crippen LogP) is 1.76. The number of ether oxygens (including phenoxy) is 1. The minimum atomic E-state index is -0.298. The van der Waals surface area contributed by atoms with Crippen LogP contribution in [0.2, 0.25) is 0 Å². The van der Waals surface area contributed by atoms with E-state index in [0.29, 0.717) is 0 Å². The summed E-state index contributed by atoms with van der Waals surface area (Å²) in [4.78, 5) is 26.9. The first-order valence-corrected chi connectivity index (χ1v) is 8.15. The van der Waals surface area contributed by atoms with Gasteiger partial charge in [-0.15, -0.1) is 23.7 Å². The molecule has 22 heavy (non-hydrogen) atoms. The standard InChI is InChI=1S/C15H20N2O3S.ClH/c1-20-15(19)10-7-9-4-5-11(17(9)8-13(16)18)14(10)12-3-2-6-21-12;/h2-3,6,9-11,14H,4-5,7-8H2,1H3,(H2,16,18);1H/t9-,10+,11-,14+;/m1./s1. The molecule has 4 atom stereocenters. The number of piperidine rings is 1. The summed E-state index contributed by atoms with van der Waals surface area (Å²) < 4.78 is 5.01. The summed E-state index contributed by atoms with van der Waals surface area (Å²) in [6.07, 6.45) is 2.78. The molecule has 0 unspecified atom stereocenters. The molecule has 2 aliphatic heterocycles. The van der Waals surface area contributed by atoms with Gasteiger partial charge in [0.05, 0.1) is 19.6 Å². The van der Waals surface area contributed by atoms with Crippen molar-refractivity contribution in [1.82, 2.24) is 4.90 Å². The molecule has 122 valence electrons. The third kappa shape index (κ3) is 3.00. The fourth-order valence-corrected chi connectivity index (χ4v) is 4.95. The molecular weight excluding hydrogens is 324 g/mol. The van der Waals surface area contributed by atoms with E-state index < -0.39 is 0 Å². The lowest BCUT2D eigenvalue weighted by Gasteiger charge is -2.42. The van der Waals surface area contributed by atoms with E-state index >= 15 is 0 Å². The molecule has 1 aromatic heterocycles. The maximum absolute atomic E-state index is 12.2. The molecule has 2 aliphatic rings. The normalized spacial score (nSPS) is 30.6. The quantitative estimate of drug-likeness (QED) is 0.845. The Morgan fingerprint density at radius 1 is 1.45 bits per heavy atom. The second-order valence-corrected chi connectivity index (χ2v) is 6.82. The highest BCUT2D eigenvalue weighted by molar-refractivity contribution is 7.10. The van der Waals surface area contributed by atoms with Crippen LogP contribution in [-0.2, 0) is 14.3 Å². The second kappa shape index (κ2) is 6.98. The van der Waals surface area contributed by atoms with Crippen LogP contribution in [0, 0.1) is 5.92 Å². The van der Waals surface area contributed by atoms with Gasteiger partial charge in [0, 0.05) is 22.9 Å². The zero-order valence-electron chi connectivity index (χ0n) is 12.4. The Morgan fingerprint density at radius 2 is 2.23 bits per heavy atom. The van der Waals surface area contributed by atoms with Gasteiger partial charge >= 0.3 is 5.97 Å². The molecule has 2 N–H and O–H groups in total. The molecule has 5 nitrogen and oxygen atoms in total. The van der Waals surface area contributed by atoms with Gasteiger partial charge in [-0.05, 0) is 30.7 Å². The smallest absolute Gasteiger partial charge is 0.309 e. The van der Waals surface area contributed by atoms with Gasteiger partial charge in [-0.2, -0.15) is 0 Å². The molecule has 0 radical (unpaired) electrons. The first-order chi connectivity index (χ1) is 10.1. The Morgan fingerprint density at radius 3 is 2.82 bits per heavy atom. The van der Waals surface area contributed by atoms with Crippen LogP contribution in [0.25, 0.3) is 0 Å². The van der Waals surface area contributed by atoms with Gasteiger partial charge in [-0.1, -0.05) is 6.07 Å². The number of halogens is 1. The summed E-state index contributed by atoms with van der Waals surface area (Å²) in [7, 11) is 1.45. The summed E-state index contributed by atoms with van der Waals surface area (Å²) in [5.74, 6) is -0.441. The highest BCUT2D eigenvalue weighted by Gasteiger charge is 2.50. The molecule has 3 rings (SSSR count). The molecular formula is C15H21ClN2O3S. The zero-order valence-corrected chi connectivity index (χ0v) is 14.1. The van der Waals surface area contributed by atoms with Crippen molar-refractivity contribution in [1.29, 1.82) is 0 Å². The number of amides is 1. The molecule has 0 saturated carbocycles. The van der Waals surface area contributed by atoms with Crippen LogP contribution in [0.3, 0.4) is 0 Å². The number of primary amides is 1. The van der Waals surface area contributed by atoms with Crippen LogP contribution in [0.15, 0.2) is 17.5 Å². The Kier molecular flexibility index (Phi) is 5.47. The van der Waals surface area contributed by atoms with Gasteiger partial charge in [-0.3, -0.25) is 14.5 Å². The minimum absolute atomic E-state index is 0. The van der Waals surface area contributed by atoms with E-state index in [-0.39, 0.29) is 54.7 Å². The van der Waals surface area contributed by atoms with Gasteiger partial charge in [0.25, 0.3) is 0 Å². The lowest BCUT2D eigenvalue weighted by molar-refractivity contribution is -0.149. The third-order valence-corrected chi connectivity index (χ3v) is 5.75. The highest BCUT2D eigenvalue weighted by atomic mass is 35.5. The number of thiophene rings is 1. The first-order valence-electron chi connectivity index (χ1n) is 7.27. The van der Waals surface area contributed by atoms with Gasteiger partial charge < -0.3 is 10.5 Å². The lowest BCUT2D eigenvalue weighted by atomic mass is 9.79. The Hall–Kier alpha value is -1.11. The molecule has 0 aliphatic carbocycles. The minimum Gasteiger partial charge on any atom is -0.469 e. The van der Waals surface area contributed by atoms with Crippen LogP contribution < -0.4 is 5.73 Å². The molecule has 0 spiro atoms. The number of esters is 1. The van der Waals surface area contributed by atoms with E-state index in [4.69, 9.17) is 10.5 Å². The van der Waals surface area contributed by atoms with Crippen LogP contribution in [0.1, 0.15) is 30.1 Å². The van der Waals surface area contributed by atoms with E-state index in [9.17, 15) is 9.59 Å². The number of carbonyl (C=O) groups is 2. The average molecular weight is 345 g/mol. The van der Waals surface area contributed by atoms with Crippen molar-refractivity contribution in [2.45, 2.75) is 37.3 Å². The van der Waals surface area contributed by atoms with E-state index in [1.807, 2.05) is 11.4 Å². The number of hydrogen-bond acceptors (Lipinski definition) is 5. The maximum Gasteiger partial charge on any atom is 0.309 e. The van der Waals surface area contributed by atoms with Gasteiger partial charge in [0.15, 0.2) is 0 Å². The second-order valence-electron chi connectivity index (χ2n) is 5.84. The molecule has 7 heteroatoms. The van der Waals surface area contributed by atoms with Crippen LogP contribution in [0.5, 0.6) is 0 Å². The van der Waals surface area contributed by atoms with E-state index in [1.165, 1.54) is 12.0 Å². The predicted molar refractivity (Wildman–Crippen MR) is 87.1 cm³/mol. The van der Waals surface area contributed by atoms with Gasteiger partial charge in [-0.25, -0.2) is 0 Å². The Labute approximate surface area is 140 Å². The highest BCUT2D eigenvalue weighted by Crippen LogP contribution is 2.48. The zero-order chi connectivity index (χ0) is 15.0. The fraction of sp³-hybridized carbons (Fsp3) is 0.600. The van der Waals surface area contributed by atoms with Crippen molar-refractivity contribution < 1.29 is 14.3 Å². The lowest BCUT2D eigenvalue weighted by Crippen LogP contribution is -2.52. The number of rotatable bonds is 4. The summed E-state index contributed by atoms with van der Waals surface area (Å²) in [6, 6.07) is 4.56. The number of hydrogen-bond donors (Lipinski definition) is 1. The van der Waals surface area contributed by atoms with Crippen LogP contribution in [-0.4, -0.2) is 42.5 Å². The number of fused-ring (bicyclic) bond motifs is 2. The summed E-state index contributed by atoms with van der Waals surface area (Å²) >= 11 is 1.67. The topological polar surface area (TPSA) is 72.6 Å². The SMILES string of the molecule is COC(=O)[C@H]1C[C@H]2CC[C@H]([C@H]1c1cccs1)N2CC(N)=O.Cl. The van der Waals surface area contributed by atoms with Crippen molar-refractivity contribution in [2.24, 2.45) is 11.7 Å². The fourth-order valence-electron chi connectivity index (χ4n) is 4.00. The summed E-state index contributed by atoms with van der Waals surface area (Å²) in [5, 5.41) is 2.03. The average Bonchev–Trinajstić information content (AvgIpc) is 3.06. The van der Waals surface area contributed by atoms with Crippen molar-refractivity contribution in [2.75, 3.05) is 13.7 Å². The Balaban J connectivity index is 0.00000176. The largest absolute Gasteiger partial charge is 0.469 e. The third-order valence-electron chi connectivity index (χ3n) is 4.78. The van der Waals surface area contributed by atoms with E-state index in [0.717, 1.165) is 19.3 Å². The van der Waals surface area contributed by atoms with Crippen molar-refractivity contribution >= 4 is 35.6 Å². The maximum atomic E-state index is 12.2. The van der Waals surface area contributed by atoms with Crippen molar-refractivity contribution in [3.63, 3.8) is 0 Å². The van der Waals surface area contributed by atoms with Gasteiger partial charge in [0.1, 0.15) is 0 Å². The number of nitrogens with two attached hydrogens (primary N) is 1. The van der Waals surface area contributed by atoms with Crippen LogP contribution in [0.4, 0.5) is 0 Å². The van der Waals surface area contributed by atoms with Crippen molar-refractivity contribution in [3.8, 4) is 0 Å². The number of carbonyl (C=O) groups excluding carboxylic acids is 2. The molecule has 2 bridgehead atoms. The molecule has 1 aromatic rings. The van der Waals surface area contributed by atoms with Gasteiger partial charge in [0.2, 0.25) is 5.91 Å². The Bertz CT molecular complexity index is 537. The molecule has 0 aromatic carbocycles. The molecule has 2 saturated heterocycles. The molecule has 1 amide bonds. The summed E-state index contributed by atoms with van der Waals surface area (Å²) in [5.41, 5.74) is 5.39. The molecule has 3 heterocycles.